The summed E-state index contributed by atoms with van der Waals surface area (Å²) in [6.45, 7) is 0.447. The third kappa shape index (κ3) is 2.85. The highest BCUT2D eigenvalue weighted by Crippen LogP contribution is 2.26. The second-order valence-electron chi connectivity index (χ2n) is 4.15. The Hall–Kier alpha value is -2.50. The monoisotopic (exact) mass is 261 g/mol. The number of nitrogens with one attached hydrogen (secondary N) is 1. The van der Waals surface area contributed by atoms with Crippen molar-refractivity contribution >= 4 is 5.91 Å². The molecule has 2 N–H and O–H groups in total. The van der Waals surface area contributed by atoms with Gasteiger partial charge in [-0.3, -0.25) is 9.89 Å². The molecule has 0 saturated carbocycles. The fraction of sp³-hybridized carbons (Fsp3) is 0.231. The zero-order valence-corrected chi connectivity index (χ0v) is 10.8. The van der Waals surface area contributed by atoms with Crippen LogP contribution in [0.25, 0.3) is 0 Å². The van der Waals surface area contributed by atoms with Gasteiger partial charge in [-0.25, -0.2) is 0 Å². The largest absolute Gasteiger partial charge is 0.504 e. The van der Waals surface area contributed by atoms with E-state index in [9.17, 15) is 9.90 Å². The van der Waals surface area contributed by atoms with Crippen LogP contribution in [-0.4, -0.2) is 40.3 Å². The average Bonchev–Trinajstić information content (AvgIpc) is 2.90. The highest BCUT2D eigenvalue weighted by molar-refractivity contribution is 5.94. The van der Waals surface area contributed by atoms with E-state index in [-0.39, 0.29) is 11.7 Å². The molecule has 0 radical (unpaired) electrons. The Kier molecular flexibility index (Phi) is 3.70. The summed E-state index contributed by atoms with van der Waals surface area (Å²) < 4.78 is 4.94. The first-order chi connectivity index (χ1) is 9.11. The van der Waals surface area contributed by atoms with E-state index in [1.807, 2.05) is 0 Å². The van der Waals surface area contributed by atoms with E-state index >= 15 is 0 Å². The van der Waals surface area contributed by atoms with Crippen LogP contribution in [0.3, 0.4) is 0 Å². The summed E-state index contributed by atoms with van der Waals surface area (Å²) in [6, 6.07) is 4.58. The van der Waals surface area contributed by atoms with Crippen molar-refractivity contribution in [2.45, 2.75) is 6.54 Å². The number of carbonyl (C=O) groups excluding carboxylic acids is 1. The van der Waals surface area contributed by atoms with E-state index in [1.165, 1.54) is 13.2 Å². The number of hydrogen-bond acceptors (Lipinski definition) is 4. The number of aromatic hydroxyl groups is 1. The Morgan fingerprint density at radius 2 is 2.32 bits per heavy atom. The molecule has 0 spiro atoms. The molecule has 0 aliphatic carbocycles. The molecule has 0 aliphatic rings. The molecule has 0 saturated heterocycles. The van der Waals surface area contributed by atoms with Crippen LogP contribution in [0.5, 0.6) is 11.5 Å². The lowest BCUT2D eigenvalue weighted by atomic mass is 10.1. The minimum absolute atomic E-state index is 0.0509. The number of phenols is 1. The van der Waals surface area contributed by atoms with Gasteiger partial charge in [-0.05, 0) is 18.2 Å². The summed E-state index contributed by atoms with van der Waals surface area (Å²) in [5.74, 6) is 0.109. The highest BCUT2D eigenvalue weighted by Gasteiger charge is 2.14. The van der Waals surface area contributed by atoms with Crippen molar-refractivity contribution in [2.75, 3.05) is 14.2 Å². The van der Waals surface area contributed by atoms with Gasteiger partial charge in [0.25, 0.3) is 5.91 Å². The summed E-state index contributed by atoms with van der Waals surface area (Å²) in [7, 11) is 3.15. The number of phenolic OH excluding ortho intramolecular Hbond substituents is 1. The van der Waals surface area contributed by atoms with Crippen molar-refractivity contribution in [2.24, 2.45) is 0 Å². The molecule has 1 aromatic carbocycles. The number of aromatic nitrogens is 2. The van der Waals surface area contributed by atoms with Gasteiger partial charge in [0.1, 0.15) is 0 Å². The molecule has 6 heteroatoms. The third-order valence-electron chi connectivity index (χ3n) is 2.75. The first-order valence-corrected chi connectivity index (χ1v) is 5.72. The lowest BCUT2D eigenvalue weighted by molar-refractivity contribution is 0.0784. The molecular weight excluding hydrogens is 246 g/mol. The number of ether oxygens (including phenoxy) is 1. The molecule has 100 valence electrons. The van der Waals surface area contributed by atoms with Crippen LogP contribution in [0.15, 0.2) is 30.6 Å². The number of benzene rings is 1. The van der Waals surface area contributed by atoms with Crippen LogP contribution in [0.4, 0.5) is 0 Å². The number of methoxy groups -OCH3 is 1. The Balaban J connectivity index is 2.12. The van der Waals surface area contributed by atoms with Crippen molar-refractivity contribution in [1.82, 2.24) is 15.1 Å². The smallest absolute Gasteiger partial charge is 0.254 e. The Bertz CT molecular complexity index is 567. The van der Waals surface area contributed by atoms with E-state index in [1.54, 1.807) is 36.5 Å². The predicted octanol–water partition coefficient (Wildman–Crippen LogP) is 1.40. The normalized spacial score (nSPS) is 10.2. The Labute approximate surface area is 110 Å². The Morgan fingerprint density at radius 1 is 1.53 bits per heavy atom. The number of carbonyl (C=O) groups is 1. The summed E-state index contributed by atoms with van der Waals surface area (Å²) in [4.78, 5) is 13.7. The maximum Gasteiger partial charge on any atom is 0.254 e. The van der Waals surface area contributed by atoms with Gasteiger partial charge in [0.05, 0.1) is 13.3 Å². The van der Waals surface area contributed by atoms with Crippen LogP contribution in [0.2, 0.25) is 0 Å². The molecular formula is C13H15N3O3. The number of H-pyrrole nitrogens is 1. The lowest BCUT2D eigenvalue weighted by Gasteiger charge is -2.16. The van der Waals surface area contributed by atoms with E-state index in [0.29, 0.717) is 17.9 Å². The number of aromatic amines is 1. The van der Waals surface area contributed by atoms with Gasteiger partial charge < -0.3 is 14.7 Å². The first-order valence-electron chi connectivity index (χ1n) is 5.72. The predicted molar refractivity (Wildman–Crippen MR) is 69.0 cm³/mol. The maximum absolute atomic E-state index is 12.2. The molecule has 1 amide bonds. The van der Waals surface area contributed by atoms with Crippen LogP contribution >= 0.6 is 0 Å². The molecule has 0 aliphatic heterocycles. The van der Waals surface area contributed by atoms with Crippen molar-refractivity contribution in [3.63, 3.8) is 0 Å². The van der Waals surface area contributed by atoms with Gasteiger partial charge >= 0.3 is 0 Å². The van der Waals surface area contributed by atoms with Crippen LogP contribution in [-0.2, 0) is 6.54 Å². The number of hydrogen-bond donors (Lipinski definition) is 2. The summed E-state index contributed by atoms with van der Waals surface area (Å²) in [5.41, 5.74) is 1.32. The number of nitrogens with zero attached hydrogens (tertiary/aromatic N) is 2. The first kappa shape index (κ1) is 12.9. The fourth-order valence-corrected chi connectivity index (χ4v) is 1.75. The molecule has 0 atom stereocenters. The quantitative estimate of drug-likeness (QED) is 0.872. The molecule has 1 heterocycles. The molecule has 6 nitrogen and oxygen atoms in total. The van der Waals surface area contributed by atoms with Crippen molar-refractivity contribution < 1.29 is 14.6 Å². The van der Waals surface area contributed by atoms with Crippen LogP contribution in [0.1, 0.15) is 15.9 Å². The number of rotatable bonds is 4. The fourth-order valence-electron chi connectivity index (χ4n) is 1.75. The molecule has 2 rings (SSSR count). The van der Waals surface area contributed by atoms with E-state index in [2.05, 4.69) is 10.2 Å². The van der Waals surface area contributed by atoms with Gasteiger partial charge in [-0.1, -0.05) is 0 Å². The van der Waals surface area contributed by atoms with Gasteiger partial charge in [0.15, 0.2) is 11.5 Å². The zero-order valence-electron chi connectivity index (χ0n) is 10.8. The zero-order chi connectivity index (χ0) is 13.8. The van der Waals surface area contributed by atoms with Crippen LogP contribution < -0.4 is 4.74 Å². The van der Waals surface area contributed by atoms with E-state index in [4.69, 9.17) is 4.74 Å². The standard InChI is InChI=1S/C13H15N3O3/c1-16(8-9-6-14-15-7-9)13(18)10-3-4-12(19-2)11(17)5-10/h3-7,17H,8H2,1-2H3,(H,14,15). The SMILES string of the molecule is COc1ccc(C(=O)N(C)Cc2cn[nH]c2)cc1O. The van der Waals surface area contributed by atoms with Gasteiger partial charge in [0.2, 0.25) is 0 Å². The topological polar surface area (TPSA) is 78.5 Å². The number of amides is 1. The molecule has 19 heavy (non-hydrogen) atoms. The third-order valence-corrected chi connectivity index (χ3v) is 2.75. The van der Waals surface area contributed by atoms with Gasteiger partial charge in [-0.2, -0.15) is 5.10 Å². The molecule has 0 fully saturated rings. The second kappa shape index (κ2) is 5.43. The molecule has 0 unspecified atom stereocenters. The van der Waals surface area contributed by atoms with Crippen molar-refractivity contribution in [3.05, 3.63) is 41.7 Å². The maximum atomic E-state index is 12.2. The second-order valence-corrected chi connectivity index (χ2v) is 4.15. The van der Waals surface area contributed by atoms with Crippen molar-refractivity contribution in [3.8, 4) is 11.5 Å². The minimum atomic E-state index is -0.181. The lowest BCUT2D eigenvalue weighted by Crippen LogP contribution is -2.25. The Morgan fingerprint density at radius 3 is 2.89 bits per heavy atom. The van der Waals surface area contributed by atoms with Crippen LogP contribution in [0, 0.1) is 0 Å². The molecule has 0 bridgehead atoms. The van der Waals surface area contributed by atoms with E-state index in [0.717, 1.165) is 5.56 Å². The molecule has 2 aromatic rings. The summed E-state index contributed by atoms with van der Waals surface area (Å²) >= 11 is 0. The summed E-state index contributed by atoms with van der Waals surface area (Å²) in [5, 5.41) is 16.2. The molecule has 1 aromatic heterocycles. The van der Waals surface area contributed by atoms with Crippen molar-refractivity contribution in [1.29, 1.82) is 0 Å². The van der Waals surface area contributed by atoms with Gasteiger partial charge in [0, 0.05) is 30.9 Å². The highest BCUT2D eigenvalue weighted by atomic mass is 16.5. The summed E-state index contributed by atoms with van der Waals surface area (Å²) in [6.07, 6.45) is 3.39. The van der Waals surface area contributed by atoms with E-state index < -0.39 is 0 Å². The minimum Gasteiger partial charge on any atom is -0.504 e. The van der Waals surface area contributed by atoms with Gasteiger partial charge in [-0.15, -0.1) is 0 Å². The average molecular weight is 261 g/mol.